The minimum atomic E-state index is -3.66. The molecule has 2 aliphatic carbocycles. The lowest BCUT2D eigenvalue weighted by molar-refractivity contribution is -0.124. The molecule has 2 heterocycles. The van der Waals surface area contributed by atoms with E-state index in [0.29, 0.717) is 29.3 Å². The molecule has 1 N–H and O–H groups in total. The fourth-order valence-electron chi connectivity index (χ4n) is 5.14. The van der Waals surface area contributed by atoms with Gasteiger partial charge in [-0.15, -0.1) is 11.3 Å². The van der Waals surface area contributed by atoms with Gasteiger partial charge < -0.3 is 10.0 Å². The van der Waals surface area contributed by atoms with E-state index in [1.807, 2.05) is 26.8 Å². The second-order valence-corrected chi connectivity index (χ2v) is 14.3. The van der Waals surface area contributed by atoms with Crippen LogP contribution in [0.15, 0.2) is 29.2 Å². The molecule has 0 spiro atoms. The average Bonchev–Trinajstić information content (AvgIpc) is 3.59. The molecule has 7 nitrogen and oxygen atoms in total. The SMILES string of the molecule is CC1CCC(C(=O)N(c2cc(C#CC(C)(C)C)sc2C(=O)O)[C@H]2CCN(S(=O)(=O)C3=CCC=C3)C2)CC1. The molecule has 0 radical (unpaired) electrons. The lowest BCUT2D eigenvalue weighted by atomic mass is 9.82. The maximum Gasteiger partial charge on any atom is 0.348 e. The summed E-state index contributed by atoms with van der Waals surface area (Å²) < 4.78 is 27.8. The van der Waals surface area contributed by atoms with Gasteiger partial charge in [-0.05, 0) is 77.4 Å². The predicted octanol–water partition coefficient (Wildman–Crippen LogP) is 5.25. The molecule has 4 rings (SSSR count). The van der Waals surface area contributed by atoms with Crippen LogP contribution in [-0.2, 0) is 14.8 Å². The molecule has 9 heteroatoms. The number of anilines is 1. The summed E-state index contributed by atoms with van der Waals surface area (Å²) in [6.07, 6.45) is 9.58. The number of hydrogen-bond donors (Lipinski definition) is 1. The first kappa shape index (κ1) is 27.6. The number of carbonyl (C=O) groups excluding carboxylic acids is 1. The van der Waals surface area contributed by atoms with Crippen molar-refractivity contribution in [1.82, 2.24) is 4.31 Å². The highest BCUT2D eigenvalue weighted by Gasteiger charge is 2.41. The summed E-state index contributed by atoms with van der Waals surface area (Å²) >= 11 is 1.07. The molecule has 37 heavy (non-hydrogen) atoms. The topological polar surface area (TPSA) is 95.0 Å². The van der Waals surface area contributed by atoms with Crippen LogP contribution in [0.5, 0.6) is 0 Å². The second kappa shape index (κ2) is 10.8. The third-order valence-corrected chi connectivity index (χ3v) is 10.1. The highest BCUT2D eigenvalue weighted by atomic mass is 32.2. The molecular weight excluding hydrogens is 508 g/mol. The van der Waals surface area contributed by atoms with E-state index in [9.17, 15) is 23.1 Å². The average molecular weight is 545 g/mol. The summed E-state index contributed by atoms with van der Waals surface area (Å²) in [6, 6.07) is 1.26. The molecule has 1 aromatic rings. The Hall–Kier alpha value is -2.41. The normalized spacial score (nSPS) is 24.4. The van der Waals surface area contributed by atoms with Crippen LogP contribution < -0.4 is 4.90 Å². The van der Waals surface area contributed by atoms with Crippen molar-refractivity contribution in [2.24, 2.45) is 17.3 Å². The monoisotopic (exact) mass is 544 g/mol. The Bertz CT molecular complexity index is 1280. The van der Waals surface area contributed by atoms with Crippen molar-refractivity contribution in [2.75, 3.05) is 18.0 Å². The first-order chi connectivity index (χ1) is 17.4. The Morgan fingerprint density at radius 1 is 1.16 bits per heavy atom. The van der Waals surface area contributed by atoms with Crippen molar-refractivity contribution in [3.63, 3.8) is 0 Å². The standard InChI is InChI=1S/C28H36N2O5S2/c1-19-9-11-20(12-10-19)26(31)30(21-14-16-29(18-21)37(34,35)23-7-5-6-8-23)24-17-22(13-15-28(2,3)4)36-25(24)27(32)33/h5,7-8,17,19-21H,6,9-12,14,16,18H2,1-4H3,(H,32,33)/t19?,20?,21-/m0/s1. The number of carboxylic acids is 1. The van der Waals surface area contributed by atoms with Gasteiger partial charge in [-0.25, -0.2) is 13.2 Å². The summed E-state index contributed by atoms with van der Waals surface area (Å²) in [4.78, 5) is 28.9. The summed E-state index contributed by atoms with van der Waals surface area (Å²) in [7, 11) is -3.66. The van der Waals surface area contributed by atoms with Crippen molar-refractivity contribution >= 4 is 38.9 Å². The fourth-order valence-corrected chi connectivity index (χ4v) is 7.57. The first-order valence-electron chi connectivity index (χ1n) is 13.0. The van der Waals surface area contributed by atoms with Gasteiger partial charge in [0.2, 0.25) is 15.9 Å². The zero-order valence-electron chi connectivity index (χ0n) is 22.0. The molecule has 2 fully saturated rings. The van der Waals surface area contributed by atoms with E-state index < -0.39 is 22.0 Å². The summed E-state index contributed by atoms with van der Waals surface area (Å²) in [5, 5.41) is 10.1. The zero-order valence-corrected chi connectivity index (χ0v) is 23.6. The van der Waals surface area contributed by atoms with Gasteiger partial charge >= 0.3 is 5.97 Å². The van der Waals surface area contributed by atoms with E-state index in [1.165, 1.54) is 4.31 Å². The Morgan fingerprint density at radius 3 is 2.46 bits per heavy atom. The van der Waals surface area contributed by atoms with Gasteiger partial charge in [0.05, 0.1) is 21.5 Å². The van der Waals surface area contributed by atoms with Crippen molar-refractivity contribution < 1.29 is 23.1 Å². The molecule has 1 aliphatic heterocycles. The lowest BCUT2D eigenvalue weighted by Crippen LogP contribution is -2.46. The third-order valence-electron chi connectivity index (χ3n) is 7.20. The number of aromatic carboxylic acids is 1. The van der Waals surface area contributed by atoms with Crippen LogP contribution in [0.1, 0.15) is 80.8 Å². The lowest BCUT2D eigenvalue weighted by Gasteiger charge is -2.34. The Labute approximate surface area is 224 Å². The molecule has 3 aliphatic rings. The van der Waals surface area contributed by atoms with Gasteiger partial charge in [0.1, 0.15) is 4.88 Å². The van der Waals surface area contributed by atoms with E-state index in [0.717, 1.165) is 37.0 Å². The number of sulfonamides is 1. The van der Waals surface area contributed by atoms with Crippen LogP contribution in [-0.4, -0.2) is 48.8 Å². The van der Waals surface area contributed by atoms with Crippen LogP contribution in [0.2, 0.25) is 0 Å². The highest BCUT2D eigenvalue weighted by Crippen LogP contribution is 2.38. The summed E-state index contributed by atoms with van der Waals surface area (Å²) in [5.41, 5.74) is 0.0782. The smallest absolute Gasteiger partial charge is 0.348 e. The van der Waals surface area contributed by atoms with E-state index in [1.54, 1.807) is 23.1 Å². The molecule has 1 atom stereocenters. The molecule has 1 amide bonds. The van der Waals surface area contributed by atoms with Gasteiger partial charge in [0.15, 0.2) is 0 Å². The molecular formula is C28H36N2O5S2. The molecule has 0 bridgehead atoms. The van der Waals surface area contributed by atoms with Crippen molar-refractivity contribution in [2.45, 2.75) is 72.3 Å². The van der Waals surface area contributed by atoms with E-state index in [-0.39, 0.29) is 40.1 Å². The molecule has 0 unspecified atom stereocenters. The number of rotatable bonds is 6. The molecule has 0 aromatic carbocycles. The minimum absolute atomic E-state index is 0.0680. The van der Waals surface area contributed by atoms with E-state index in [2.05, 4.69) is 18.8 Å². The van der Waals surface area contributed by atoms with Crippen molar-refractivity contribution in [3.05, 3.63) is 39.0 Å². The van der Waals surface area contributed by atoms with Gasteiger partial charge in [-0.2, -0.15) is 4.31 Å². The van der Waals surface area contributed by atoms with Gasteiger partial charge in [0, 0.05) is 24.4 Å². The number of nitrogens with zero attached hydrogens (tertiary/aromatic N) is 2. The maximum absolute atomic E-state index is 14.0. The first-order valence-corrected chi connectivity index (χ1v) is 15.2. The number of carboxylic acid groups (broad SMARTS) is 1. The molecule has 1 saturated carbocycles. The highest BCUT2D eigenvalue weighted by molar-refractivity contribution is 7.93. The largest absolute Gasteiger partial charge is 0.477 e. The van der Waals surface area contributed by atoms with Crippen LogP contribution >= 0.6 is 11.3 Å². The predicted molar refractivity (Wildman–Crippen MR) is 147 cm³/mol. The van der Waals surface area contributed by atoms with Crippen LogP contribution in [0, 0.1) is 29.1 Å². The maximum atomic E-state index is 14.0. The van der Waals surface area contributed by atoms with Crippen LogP contribution in [0.25, 0.3) is 0 Å². The number of thiophene rings is 1. The van der Waals surface area contributed by atoms with Crippen LogP contribution in [0.4, 0.5) is 5.69 Å². The molecule has 200 valence electrons. The number of amides is 1. The quantitative estimate of drug-likeness (QED) is 0.494. The number of hydrogen-bond acceptors (Lipinski definition) is 5. The zero-order chi connectivity index (χ0) is 27.0. The minimum Gasteiger partial charge on any atom is -0.477 e. The summed E-state index contributed by atoms with van der Waals surface area (Å²) in [6.45, 7) is 8.55. The van der Waals surface area contributed by atoms with Gasteiger partial charge in [-0.3, -0.25) is 4.79 Å². The number of allylic oxidation sites excluding steroid dienone is 3. The third kappa shape index (κ3) is 6.19. The Kier molecular flexibility index (Phi) is 8.03. The second-order valence-electron chi connectivity index (χ2n) is 11.3. The van der Waals surface area contributed by atoms with Gasteiger partial charge in [0.25, 0.3) is 0 Å². The molecule has 1 aromatic heterocycles. The molecule has 1 saturated heterocycles. The van der Waals surface area contributed by atoms with E-state index >= 15 is 0 Å². The Balaban J connectivity index is 1.71. The number of carbonyl (C=O) groups is 2. The van der Waals surface area contributed by atoms with Crippen molar-refractivity contribution in [3.8, 4) is 11.8 Å². The van der Waals surface area contributed by atoms with Crippen LogP contribution in [0.3, 0.4) is 0 Å². The summed E-state index contributed by atoms with van der Waals surface area (Å²) in [5.74, 6) is 5.38. The Morgan fingerprint density at radius 2 is 1.86 bits per heavy atom. The van der Waals surface area contributed by atoms with Crippen molar-refractivity contribution in [1.29, 1.82) is 0 Å². The van der Waals surface area contributed by atoms with Gasteiger partial charge in [-0.1, -0.05) is 30.9 Å². The van der Waals surface area contributed by atoms with E-state index in [4.69, 9.17) is 0 Å². The fraction of sp³-hybridized carbons (Fsp3) is 0.571.